The average molecular weight is 234 g/mol. The molecular weight excluding hydrogens is 218 g/mol. The van der Waals surface area contributed by atoms with Crippen molar-refractivity contribution in [3.05, 3.63) is 0 Å². The molecule has 1 aliphatic heterocycles. The van der Waals surface area contributed by atoms with E-state index in [1.165, 1.54) is 0 Å². The lowest BCUT2D eigenvalue weighted by Gasteiger charge is -2.34. The summed E-state index contributed by atoms with van der Waals surface area (Å²) in [6.07, 6.45) is 1.15. The Labute approximate surface area is 82.4 Å². The highest BCUT2D eigenvalue weighted by molar-refractivity contribution is 9.09. The molecule has 0 aromatic heterocycles. The van der Waals surface area contributed by atoms with Gasteiger partial charge in [0, 0.05) is 13.1 Å². The summed E-state index contributed by atoms with van der Waals surface area (Å²) in [4.78, 5) is 13.3. The van der Waals surface area contributed by atoms with E-state index in [2.05, 4.69) is 29.8 Å². The third-order valence-electron chi connectivity index (χ3n) is 2.80. The van der Waals surface area contributed by atoms with Crippen LogP contribution >= 0.6 is 15.9 Å². The molecule has 0 spiro atoms. The van der Waals surface area contributed by atoms with Gasteiger partial charge in [-0.1, -0.05) is 29.8 Å². The van der Waals surface area contributed by atoms with Crippen molar-refractivity contribution in [2.75, 3.05) is 18.4 Å². The molecule has 70 valence electrons. The molecule has 1 heterocycles. The first-order chi connectivity index (χ1) is 5.65. The predicted octanol–water partition coefficient (Wildman–Crippen LogP) is 1.89. The molecule has 2 nitrogen and oxygen atoms in total. The van der Waals surface area contributed by atoms with Crippen LogP contribution in [0.3, 0.4) is 0 Å². The fourth-order valence-corrected chi connectivity index (χ4v) is 1.93. The standard InChI is InChI=1S/C9H16BrNO/c1-7-3-4-11(6-8(7)2)9(12)5-10/h7-8H,3-6H2,1-2H3. The van der Waals surface area contributed by atoms with Gasteiger partial charge in [-0.05, 0) is 18.3 Å². The van der Waals surface area contributed by atoms with E-state index in [1.807, 2.05) is 4.90 Å². The van der Waals surface area contributed by atoms with Gasteiger partial charge in [-0.2, -0.15) is 0 Å². The lowest BCUT2D eigenvalue weighted by Crippen LogP contribution is -2.42. The second-order valence-electron chi connectivity index (χ2n) is 3.72. The van der Waals surface area contributed by atoms with E-state index in [4.69, 9.17) is 0 Å². The largest absolute Gasteiger partial charge is 0.342 e. The Bertz CT molecular complexity index is 172. The number of hydrogen-bond acceptors (Lipinski definition) is 1. The third kappa shape index (κ3) is 2.22. The van der Waals surface area contributed by atoms with E-state index in [0.717, 1.165) is 25.4 Å². The molecule has 2 atom stereocenters. The van der Waals surface area contributed by atoms with Crippen molar-refractivity contribution in [1.82, 2.24) is 4.90 Å². The minimum atomic E-state index is 0.230. The van der Waals surface area contributed by atoms with Crippen molar-refractivity contribution >= 4 is 21.8 Å². The summed E-state index contributed by atoms with van der Waals surface area (Å²) in [5.74, 6) is 1.65. The van der Waals surface area contributed by atoms with E-state index in [0.29, 0.717) is 11.2 Å². The first-order valence-corrected chi connectivity index (χ1v) is 5.61. The second kappa shape index (κ2) is 4.26. The van der Waals surface area contributed by atoms with Crippen molar-refractivity contribution in [3.8, 4) is 0 Å². The van der Waals surface area contributed by atoms with Crippen molar-refractivity contribution in [3.63, 3.8) is 0 Å². The fraction of sp³-hybridized carbons (Fsp3) is 0.889. The lowest BCUT2D eigenvalue weighted by atomic mass is 9.89. The molecule has 0 aromatic carbocycles. The molecule has 1 saturated heterocycles. The smallest absolute Gasteiger partial charge is 0.233 e. The summed E-state index contributed by atoms with van der Waals surface area (Å²) >= 11 is 3.19. The van der Waals surface area contributed by atoms with Gasteiger partial charge in [-0.15, -0.1) is 0 Å². The Kier molecular flexibility index (Phi) is 3.56. The number of amides is 1. The van der Waals surface area contributed by atoms with Gasteiger partial charge < -0.3 is 4.90 Å². The van der Waals surface area contributed by atoms with Crippen LogP contribution in [0.5, 0.6) is 0 Å². The van der Waals surface area contributed by atoms with Crippen LogP contribution in [0.15, 0.2) is 0 Å². The number of halogens is 1. The van der Waals surface area contributed by atoms with E-state index in [1.54, 1.807) is 0 Å². The highest BCUT2D eigenvalue weighted by Gasteiger charge is 2.24. The van der Waals surface area contributed by atoms with E-state index in [-0.39, 0.29) is 5.91 Å². The molecule has 3 heteroatoms. The molecule has 12 heavy (non-hydrogen) atoms. The Hall–Kier alpha value is -0.0500. The van der Waals surface area contributed by atoms with Gasteiger partial charge in [-0.3, -0.25) is 4.79 Å². The van der Waals surface area contributed by atoms with E-state index in [9.17, 15) is 4.79 Å². The summed E-state index contributed by atoms with van der Waals surface area (Å²) in [7, 11) is 0. The topological polar surface area (TPSA) is 20.3 Å². The van der Waals surface area contributed by atoms with E-state index < -0.39 is 0 Å². The molecule has 1 aliphatic rings. The molecule has 2 unspecified atom stereocenters. The second-order valence-corrected chi connectivity index (χ2v) is 4.28. The Balaban J connectivity index is 2.45. The highest BCUT2D eigenvalue weighted by atomic mass is 79.9. The van der Waals surface area contributed by atoms with Crippen LogP contribution in [0.1, 0.15) is 20.3 Å². The van der Waals surface area contributed by atoms with Crippen molar-refractivity contribution in [1.29, 1.82) is 0 Å². The zero-order valence-electron chi connectivity index (χ0n) is 7.72. The number of piperidine rings is 1. The van der Waals surface area contributed by atoms with Crippen LogP contribution in [0.25, 0.3) is 0 Å². The summed E-state index contributed by atoms with van der Waals surface area (Å²) in [5, 5.41) is 0.466. The number of carbonyl (C=O) groups is 1. The minimum Gasteiger partial charge on any atom is -0.342 e. The SMILES string of the molecule is CC1CCN(C(=O)CBr)CC1C. The minimum absolute atomic E-state index is 0.230. The predicted molar refractivity (Wildman–Crippen MR) is 53.3 cm³/mol. The molecule has 0 N–H and O–H groups in total. The maximum atomic E-state index is 11.3. The normalized spacial score (nSPS) is 30.4. The Morgan fingerprint density at radius 1 is 1.50 bits per heavy atom. The first-order valence-electron chi connectivity index (χ1n) is 4.49. The molecule has 0 bridgehead atoms. The lowest BCUT2D eigenvalue weighted by molar-refractivity contribution is -0.130. The molecule has 0 aliphatic carbocycles. The summed E-state index contributed by atoms with van der Waals surface area (Å²) in [5.41, 5.74) is 0. The number of carbonyl (C=O) groups excluding carboxylic acids is 1. The number of alkyl halides is 1. The van der Waals surface area contributed by atoms with Crippen LogP contribution in [-0.2, 0) is 4.79 Å². The average Bonchev–Trinajstić information content (AvgIpc) is 2.08. The van der Waals surface area contributed by atoms with Crippen LogP contribution in [-0.4, -0.2) is 29.2 Å². The molecule has 0 saturated carbocycles. The molecule has 1 fully saturated rings. The number of rotatable bonds is 1. The zero-order chi connectivity index (χ0) is 9.14. The quantitative estimate of drug-likeness (QED) is 0.634. The van der Waals surface area contributed by atoms with Gasteiger partial charge in [-0.25, -0.2) is 0 Å². The van der Waals surface area contributed by atoms with Gasteiger partial charge >= 0.3 is 0 Å². The first kappa shape index (κ1) is 10.0. The fourth-order valence-electron chi connectivity index (χ4n) is 1.57. The summed E-state index contributed by atoms with van der Waals surface area (Å²) in [6, 6.07) is 0. The van der Waals surface area contributed by atoms with Crippen LogP contribution < -0.4 is 0 Å². The van der Waals surface area contributed by atoms with E-state index >= 15 is 0 Å². The zero-order valence-corrected chi connectivity index (χ0v) is 9.30. The summed E-state index contributed by atoms with van der Waals surface area (Å²) < 4.78 is 0. The number of likely N-dealkylation sites (tertiary alicyclic amines) is 1. The molecule has 1 amide bonds. The summed E-state index contributed by atoms with van der Waals surface area (Å²) in [6.45, 7) is 6.36. The molecule has 0 aromatic rings. The highest BCUT2D eigenvalue weighted by Crippen LogP contribution is 2.22. The third-order valence-corrected chi connectivity index (χ3v) is 3.28. The van der Waals surface area contributed by atoms with Crippen molar-refractivity contribution in [2.45, 2.75) is 20.3 Å². The van der Waals surface area contributed by atoms with Crippen molar-refractivity contribution < 1.29 is 4.79 Å². The van der Waals surface area contributed by atoms with Gasteiger partial charge in [0.05, 0.1) is 5.33 Å². The van der Waals surface area contributed by atoms with Crippen LogP contribution in [0.4, 0.5) is 0 Å². The van der Waals surface area contributed by atoms with Crippen molar-refractivity contribution in [2.24, 2.45) is 11.8 Å². The maximum Gasteiger partial charge on any atom is 0.233 e. The number of nitrogens with zero attached hydrogens (tertiary/aromatic N) is 1. The maximum absolute atomic E-state index is 11.3. The van der Waals surface area contributed by atoms with Crippen LogP contribution in [0, 0.1) is 11.8 Å². The Morgan fingerprint density at radius 3 is 2.67 bits per heavy atom. The van der Waals surface area contributed by atoms with Gasteiger partial charge in [0.2, 0.25) is 5.91 Å². The van der Waals surface area contributed by atoms with Gasteiger partial charge in [0.25, 0.3) is 0 Å². The molecule has 1 rings (SSSR count). The van der Waals surface area contributed by atoms with Gasteiger partial charge in [0.1, 0.15) is 0 Å². The monoisotopic (exact) mass is 233 g/mol. The van der Waals surface area contributed by atoms with Crippen LogP contribution in [0.2, 0.25) is 0 Å². The number of hydrogen-bond donors (Lipinski definition) is 0. The van der Waals surface area contributed by atoms with Gasteiger partial charge in [0.15, 0.2) is 0 Å². The molecular formula is C9H16BrNO. The Morgan fingerprint density at radius 2 is 2.17 bits per heavy atom. The molecule has 0 radical (unpaired) electrons.